The maximum Gasteiger partial charge on any atom is 0.236 e. The molecule has 0 aliphatic carbocycles. The molecule has 0 aromatic rings. The second-order valence-electron chi connectivity index (χ2n) is 7.50. The van der Waals surface area contributed by atoms with Gasteiger partial charge >= 0.3 is 0 Å². The third-order valence-electron chi connectivity index (χ3n) is 4.42. The fourth-order valence-electron chi connectivity index (χ4n) is 2.96. The molecule has 2 heterocycles. The van der Waals surface area contributed by atoms with E-state index >= 15 is 0 Å². The Morgan fingerprint density at radius 1 is 0.826 bits per heavy atom. The summed E-state index contributed by atoms with van der Waals surface area (Å²) in [6, 6.07) is 0. The SMILES string of the molecule is CC(C)(C)SCC(=O)N1CCN(CC(=O)N2CCCCC2)CC1. The summed E-state index contributed by atoms with van der Waals surface area (Å²) in [6.45, 7) is 11.9. The monoisotopic (exact) mass is 341 g/mol. The van der Waals surface area contributed by atoms with Crippen LogP contribution in [-0.2, 0) is 9.59 Å². The second kappa shape index (κ2) is 8.38. The van der Waals surface area contributed by atoms with Crippen LogP contribution in [0, 0.1) is 0 Å². The van der Waals surface area contributed by atoms with Gasteiger partial charge in [0.15, 0.2) is 0 Å². The Balaban J connectivity index is 1.69. The van der Waals surface area contributed by atoms with E-state index in [9.17, 15) is 9.59 Å². The van der Waals surface area contributed by atoms with Crippen LogP contribution in [0.15, 0.2) is 0 Å². The molecule has 0 atom stereocenters. The van der Waals surface area contributed by atoms with E-state index < -0.39 is 0 Å². The van der Waals surface area contributed by atoms with Gasteiger partial charge < -0.3 is 9.80 Å². The summed E-state index contributed by atoms with van der Waals surface area (Å²) in [6.07, 6.45) is 3.52. The standard InChI is InChI=1S/C17H31N3O2S/c1-17(2,3)23-14-16(22)20-11-9-18(10-12-20)13-15(21)19-7-5-4-6-8-19/h4-14H2,1-3H3. The van der Waals surface area contributed by atoms with Crippen molar-refractivity contribution >= 4 is 23.6 Å². The van der Waals surface area contributed by atoms with Gasteiger partial charge in [0.25, 0.3) is 0 Å². The largest absolute Gasteiger partial charge is 0.342 e. The van der Waals surface area contributed by atoms with Crippen molar-refractivity contribution in [1.82, 2.24) is 14.7 Å². The van der Waals surface area contributed by atoms with Gasteiger partial charge in [-0.3, -0.25) is 14.5 Å². The Hall–Kier alpha value is -0.750. The van der Waals surface area contributed by atoms with Crippen molar-refractivity contribution in [3.05, 3.63) is 0 Å². The average Bonchev–Trinajstić information content (AvgIpc) is 2.53. The first-order valence-corrected chi connectivity index (χ1v) is 9.75. The number of nitrogens with zero attached hydrogens (tertiary/aromatic N) is 3. The highest BCUT2D eigenvalue weighted by Gasteiger charge is 2.25. The van der Waals surface area contributed by atoms with Gasteiger partial charge in [0.05, 0.1) is 12.3 Å². The summed E-state index contributed by atoms with van der Waals surface area (Å²) in [7, 11) is 0. The highest BCUT2D eigenvalue weighted by atomic mass is 32.2. The summed E-state index contributed by atoms with van der Waals surface area (Å²) >= 11 is 1.70. The van der Waals surface area contributed by atoms with Crippen LogP contribution in [-0.4, -0.2) is 82.8 Å². The number of amides is 2. The summed E-state index contributed by atoms with van der Waals surface area (Å²) < 4.78 is 0.123. The summed E-state index contributed by atoms with van der Waals surface area (Å²) in [5.74, 6) is 1.04. The van der Waals surface area contributed by atoms with Gasteiger partial charge in [-0.25, -0.2) is 0 Å². The minimum absolute atomic E-state index is 0.123. The van der Waals surface area contributed by atoms with Crippen molar-refractivity contribution < 1.29 is 9.59 Å². The minimum Gasteiger partial charge on any atom is -0.342 e. The van der Waals surface area contributed by atoms with Gasteiger partial charge in [0, 0.05) is 44.0 Å². The number of piperazine rings is 1. The first-order valence-electron chi connectivity index (χ1n) is 8.77. The quantitative estimate of drug-likeness (QED) is 0.780. The van der Waals surface area contributed by atoms with Gasteiger partial charge in [-0.2, -0.15) is 0 Å². The number of carbonyl (C=O) groups excluding carboxylic acids is 2. The van der Waals surface area contributed by atoms with Crippen molar-refractivity contribution in [3.63, 3.8) is 0 Å². The average molecular weight is 342 g/mol. The molecule has 0 aromatic carbocycles. The maximum atomic E-state index is 12.3. The van der Waals surface area contributed by atoms with E-state index in [1.54, 1.807) is 11.8 Å². The van der Waals surface area contributed by atoms with E-state index in [1.165, 1.54) is 6.42 Å². The van der Waals surface area contributed by atoms with E-state index in [0.717, 1.165) is 52.1 Å². The zero-order chi connectivity index (χ0) is 16.9. The highest BCUT2D eigenvalue weighted by Crippen LogP contribution is 2.23. The molecule has 132 valence electrons. The summed E-state index contributed by atoms with van der Waals surface area (Å²) in [5, 5.41) is 0. The van der Waals surface area contributed by atoms with Gasteiger partial charge in [-0.05, 0) is 19.3 Å². The third kappa shape index (κ3) is 6.34. The Bertz CT molecular complexity index is 409. The minimum atomic E-state index is 0.123. The van der Waals surface area contributed by atoms with Gasteiger partial charge in [0.2, 0.25) is 11.8 Å². The third-order valence-corrected chi connectivity index (χ3v) is 5.68. The Morgan fingerprint density at radius 3 is 1.96 bits per heavy atom. The number of hydrogen-bond acceptors (Lipinski definition) is 4. The van der Waals surface area contributed by atoms with E-state index in [4.69, 9.17) is 0 Å². The number of thioether (sulfide) groups is 1. The van der Waals surface area contributed by atoms with E-state index in [2.05, 4.69) is 25.7 Å². The van der Waals surface area contributed by atoms with Crippen molar-refractivity contribution in [2.45, 2.75) is 44.8 Å². The molecule has 6 heteroatoms. The molecule has 2 aliphatic heterocycles. The number of piperidine rings is 1. The lowest BCUT2D eigenvalue weighted by Crippen LogP contribution is -2.52. The smallest absolute Gasteiger partial charge is 0.236 e. The van der Waals surface area contributed by atoms with E-state index in [0.29, 0.717) is 12.3 Å². The zero-order valence-electron chi connectivity index (χ0n) is 14.8. The number of rotatable bonds is 4. The predicted molar refractivity (Wildman–Crippen MR) is 95.7 cm³/mol. The molecule has 0 saturated carbocycles. The maximum absolute atomic E-state index is 12.3. The van der Waals surface area contributed by atoms with Crippen LogP contribution < -0.4 is 0 Å². The zero-order valence-corrected chi connectivity index (χ0v) is 15.7. The molecule has 23 heavy (non-hydrogen) atoms. The van der Waals surface area contributed by atoms with Crippen LogP contribution in [0.25, 0.3) is 0 Å². The molecular weight excluding hydrogens is 310 g/mol. The lowest BCUT2D eigenvalue weighted by Gasteiger charge is -2.36. The molecule has 0 unspecified atom stereocenters. The molecule has 0 aromatic heterocycles. The van der Waals surface area contributed by atoms with E-state index in [1.807, 2.05) is 9.80 Å². The first-order chi connectivity index (χ1) is 10.8. The number of hydrogen-bond donors (Lipinski definition) is 0. The van der Waals surface area contributed by atoms with E-state index in [-0.39, 0.29) is 16.6 Å². The first kappa shape index (κ1) is 18.6. The lowest BCUT2D eigenvalue weighted by atomic mass is 10.1. The fraction of sp³-hybridized carbons (Fsp3) is 0.882. The van der Waals surface area contributed by atoms with Gasteiger partial charge in [0.1, 0.15) is 0 Å². The second-order valence-corrected chi connectivity index (χ2v) is 9.30. The fourth-order valence-corrected chi connectivity index (χ4v) is 3.70. The molecule has 2 aliphatic rings. The number of likely N-dealkylation sites (tertiary alicyclic amines) is 1. The highest BCUT2D eigenvalue weighted by molar-refractivity contribution is 8.01. The molecule has 0 bridgehead atoms. The van der Waals surface area contributed by atoms with Crippen molar-refractivity contribution in [2.24, 2.45) is 0 Å². The molecular formula is C17H31N3O2S. The molecule has 2 rings (SSSR count). The van der Waals surface area contributed by atoms with Crippen LogP contribution in [0.1, 0.15) is 40.0 Å². The molecule has 5 nitrogen and oxygen atoms in total. The van der Waals surface area contributed by atoms with Crippen molar-refractivity contribution in [1.29, 1.82) is 0 Å². The van der Waals surface area contributed by atoms with Crippen molar-refractivity contribution in [3.8, 4) is 0 Å². The molecule has 0 N–H and O–H groups in total. The molecule has 2 saturated heterocycles. The van der Waals surface area contributed by atoms with Crippen LogP contribution >= 0.6 is 11.8 Å². The Morgan fingerprint density at radius 2 is 1.39 bits per heavy atom. The Labute approximate surface area is 144 Å². The molecule has 0 radical (unpaired) electrons. The normalized spacial score (nSPS) is 20.7. The molecule has 2 fully saturated rings. The predicted octanol–water partition coefficient (Wildman–Crippen LogP) is 1.67. The Kier molecular flexibility index (Phi) is 6.77. The van der Waals surface area contributed by atoms with Crippen LogP contribution in [0.5, 0.6) is 0 Å². The lowest BCUT2D eigenvalue weighted by molar-refractivity contribution is -0.134. The van der Waals surface area contributed by atoms with Crippen LogP contribution in [0.3, 0.4) is 0 Å². The van der Waals surface area contributed by atoms with Crippen molar-refractivity contribution in [2.75, 3.05) is 51.6 Å². The molecule has 2 amide bonds. The topological polar surface area (TPSA) is 43.9 Å². The summed E-state index contributed by atoms with van der Waals surface area (Å²) in [5.41, 5.74) is 0. The summed E-state index contributed by atoms with van der Waals surface area (Å²) in [4.78, 5) is 30.7. The van der Waals surface area contributed by atoms with Gasteiger partial charge in [-0.1, -0.05) is 20.8 Å². The molecule has 0 spiro atoms. The van der Waals surface area contributed by atoms with Crippen LogP contribution in [0.4, 0.5) is 0 Å². The van der Waals surface area contributed by atoms with Gasteiger partial charge in [-0.15, -0.1) is 11.8 Å². The number of carbonyl (C=O) groups is 2. The van der Waals surface area contributed by atoms with Crippen LogP contribution in [0.2, 0.25) is 0 Å².